The van der Waals surface area contributed by atoms with Gasteiger partial charge in [-0.2, -0.15) is 0 Å². The van der Waals surface area contributed by atoms with Gasteiger partial charge >= 0.3 is 5.97 Å². The third-order valence-corrected chi connectivity index (χ3v) is 5.40. The van der Waals surface area contributed by atoms with Gasteiger partial charge in [0.15, 0.2) is 0 Å². The zero-order chi connectivity index (χ0) is 11.5. The summed E-state index contributed by atoms with van der Waals surface area (Å²) in [4.78, 5) is 11.5. The first-order valence-corrected chi connectivity index (χ1v) is 6.85. The molecule has 0 aromatic heterocycles. The van der Waals surface area contributed by atoms with Crippen LogP contribution in [0.15, 0.2) is 0 Å². The molecule has 2 nitrogen and oxygen atoms in total. The smallest absolute Gasteiger partial charge is 0.320 e. The van der Waals surface area contributed by atoms with Crippen LogP contribution in [0.4, 0.5) is 0 Å². The lowest BCUT2D eigenvalue weighted by Gasteiger charge is -2.38. The fourth-order valence-corrected chi connectivity index (χ4v) is 3.67. The SMILES string of the molecule is CC(C)CSC1(C(=O)O)CCCCC1C. The molecule has 1 N–H and O–H groups in total. The minimum Gasteiger partial charge on any atom is -0.480 e. The van der Waals surface area contributed by atoms with Gasteiger partial charge in [-0.3, -0.25) is 4.79 Å². The predicted octanol–water partition coefficient (Wildman–Crippen LogP) is 3.41. The first-order valence-electron chi connectivity index (χ1n) is 5.86. The van der Waals surface area contributed by atoms with E-state index in [9.17, 15) is 9.90 Å². The van der Waals surface area contributed by atoms with Crippen molar-refractivity contribution in [2.45, 2.75) is 51.2 Å². The van der Waals surface area contributed by atoms with Crippen molar-refractivity contribution in [2.24, 2.45) is 11.8 Å². The first-order chi connectivity index (χ1) is 6.99. The number of aliphatic carboxylic acids is 1. The lowest BCUT2D eigenvalue weighted by Crippen LogP contribution is -2.44. The quantitative estimate of drug-likeness (QED) is 0.804. The van der Waals surface area contributed by atoms with E-state index >= 15 is 0 Å². The minimum atomic E-state index is -0.597. The second kappa shape index (κ2) is 5.24. The highest BCUT2D eigenvalue weighted by atomic mass is 32.2. The summed E-state index contributed by atoms with van der Waals surface area (Å²) >= 11 is 1.67. The summed E-state index contributed by atoms with van der Waals surface area (Å²) in [5, 5.41) is 9.45. The Bertz CT molecular complexity index is 228. The van der Waals surface area contributed by atoms with Crippen LogP contribution in [0.3, 0.4) is 0 Å². The van der Waals surface area contributed by atoms with E-state index in [0.717, 1.165) is 25.0 Å². The average molecular weight is 230 g/mol. The van der Waals surface area contributed by atoms with Gasteiger partial charge in [0.1, 0.15) is 4.75 Å². The van der Waals surface area contributed by atoms with E-state index in [1.165, 1.54) is 6.42 Å². The molecule has 0 heterocycles. The van der Waals surface area contributed by atoms with Gasteiger partial charge in [-0.25, -0.2) is 0 Å². The molecule has 1 aliphatic carbocycles. The highest BCUT2D eigenvalue weighted by Crippen LogP contribution is 2.44. The summed E-state index contributed by atoms with van der Waals surface area (Å²) in [5.41, 5.74) is 0. The normalized spacial score (nSPS) is 31.9. The van der Waals surface area contributed by atoms with E-state index < -0.39 is 10.7 Å². The largest absolute Gasteiger partial charge is 0.480 e. The molecule has 2 atom stereocenters. The molecule has 0 bridgehead atoms. The summed E-state index contributed by atoms with van der Waals surface area (Å²) < 4.78 is -0.497. The van der Waals surface area contributed by atoms with E-state index in [-0.39, 0.29) is 0 Å². The number of rotatable bonds is 4. The van der Waals surface area contributed by atoms with E-state index in [4.69, 9.17) is 0 Å². The number of carboxylic acids is 1. The maximum atomic E-state index is 11.5. The van der Waals surface area contributed by atoms with Gasteiger partial charge in [0.05, 0.1) is 0 Å². The summed E-state index contributed by atoms with van der Waals surface area (Å²) in [5.74, 6) is 1.24. The molecule has 2 unspecified atom stereocenters. The predicted molar refractivity (Wildman–Crippen MR) is 65.3 cm³/mol. The van der Waals surface area contributed by atoms with Crippen molar-refractivity contribution in [1.82, 2.24) is 0 Å². The molecule has 0 saturated heterocycles. The van der Waals surface area contributed by atoms with Crippen molar-refractivity contribution in [3.63, 3.8) is 0 Å². The van der Waals surface area contributed by atoms with Gasteiger partial charge in [0.2, 0.25) is 0 Å². The molecule has 0 aromatic rings. The Labute approximate surface area is 96.8 Å². The summed E-state index contributed by atoms with van der Waals surface area (Å²) in [6.45, 7) is 6.40. The molecule has 0 radical (unpaired) electrons. The molecule has 1 aliphatic rings. The zero-order valence-corrected chi connectivity index (χ0v) is 10.8. The molecule has 1 saturated carbocycles. The Morgan fingerprint density at radius 3 is 2.67 bits per heavy atom. The Morgan fingerprint density at radius 1 is 1.53 bits per heavy atom. The van der Waals surface area contributed by atoms with E-state index in [1.807, 2.05) is 0 Å². The topological polar surface area (TPSA) is 37.3 Å². The molecule has 1 rings (SSSR count). The van der Waals surface area contributed by atoms with Gasteiger partial charge in [-0.1, -0.05) is 33.6 Å². The van der Waals surface area contributed by atoms with Crippen LogP contribution in [0.2, 0.25) is 0 Å². The van der Waals surface area contributed by atoms with Crippen molar-refractivity contribution >= 4 is 17.7 Å². The Balaban J connectivity index is 2.72. The average Bonchev–Trinajstić information content (AvgIpc) is 2.16. The van der Waals surface area contributed by atoms with E-state index in [0.29, 0.717) is 11.8 Å². The van der Waals surface area contributed by atoms with E-state index in [1.54, 1.807) is 11.8 Å². The van der Waals surface area contributed by atoms with Crippen LogP contribution in [0.25, 0.3) is 0 Å². The molecule has 0 spiro atoms. The van der Waals surface area contributed by atoms with Gasteiger partial charge in [-0.05, 0) is 30.4 Å². The van der Waals surface area contributed by atoms with Gasteiger partial charge in [-0.15, -0.1) is 11.8 Å². The maximum Gasteiger partial charge on any atom is 0.320 e. The fourth-order valence-electron chi connectivity index (χ4n) is 2.23. The number of hydrogen-bond acceptors (Lipinski definition) is 2. The van der Waals surface area contributed by atoms with Crippen LogP contribution in [-0.4, -0.2) is 21.6 Å². The number of thioether (sulfide) groups is 1. The van der Waals surface area contributed by atoms with Crippen LogP contribution in [0, 0.1) is 11.8 Å². The standard InChI is InChI=1S/C12H22O2S/c1-9(2)8-15-12(11(13)14)7-5-4-6-10(12)3/h9-10H,4-8H2,1-3H3,(H,13,14). The zero-order valence-electron chi connectivity index (χ0n) is 9.95. The lowest BCUT2D eigenvalue weighted by molar-refractivity contribution is -0.142. The monoisotopic (exact) mass is 230 g/mol. The minimum absolute atomic E-state index is 0.312. The molecule has 3 heteroatoms. The van der Waals surface area contributed by atoms with Crippen molar-refractivity contribution in [2.75, 3.05) is 5.75 Å². The third-order valence-electron chi connectivity index (χ3n) is 3.27. The summed E-state index contributed by atoms with van der Waals surface area (Å²) in [7, 11) is 0. The lowest BCUT2D eigenvalue weighted by atomic mass is 9.79. The third kappa shape index (κ3) is 2.90. The fraction of sp³-hybridized carbons (Fsp3) is 0.917. The summed E-state index contributed by atoms with van der Waals surface area (Å²) in [6.07, 6.45) is 4.18. The number of hydrogen-bond donors (Lipinski definition) is 1. The molecule has 0 aromatic carbocycles. The molecule has 88 valence electrons. The van der Waals surface area contributed by atoms with Gasteiger partial charge in [0, 0.05) is 0 Å². The number of carboxylic acid groups (broad SMARTS) is 1. The molecule has 1 fully saturated rings. The van der Waals surface area contributed by atoms with Crippen molar-refractivity contribution in [1.29, 1.82) is 0 Å². The van der Waals surface area contributed by atoms with Crippen LogP contribution in [-0.2, 0) is 4.79 Å². The highest BCUT2D eigenvalue weighted by molar-refractivity contribution is 8.01. The van der Waals surface area contributed by atoms with Gasteiger partial charge in [0.25, 0.3) is 0 Å². The van der Waals surface area contributed by atoms with Crippen molar-refractivity contribution in [3.8, 4) is 0 Å². The number of carbonyl (C=O) groups is 1. The Morgan fingerprint density at radius 2 is 2.20 bits per heavy atom. The highest BCUT2D eigenvalue weighted by Gasteiger charge is 2.45. The molecular formula is C12H22O2S. The first kappa shape index (κ1) is 12.9. The second-order valence-corrected chi connectivity index (χ2v) is 6.40. The molecular weight excluding hydrogens is 208 g/mol. The van der Waals surface area contributed by atoms with Crippen molar-refractivity contribution < 1.29 is 9.90 Å². The van der Waals surface area contributed by atoms with Crippen LogP contribution in [0.1, 0.15) is 46.5 Å². The molecule has 0 amide bonds. The Hall–Kier alpha value is -0.180. The van der Waals surface area contributed by atoms with Crippen molar-refractivity contribution in [3.05, 3.63) is 0 Å². The second-order valence-electron chi connectivity index (χ2n) is 5.05. The Kier molecular flexibility index (Phi) is 4.50. The summed E-state index contributed by atoms with van der Waals surface area (Å²) in [6, 6.07) is 0. The molecule has 0 aliphatic heterocycles. The maximum absolute atomic E-state index is 11.5. The van der Waals surface area contributed by atoms with Crippen LogP contribution >= 0.6 is 11.8 Å². The van der Waals surface area contributed by atoms with Crippen LogP contribution < -0.4 is 0 Å². The van der Waals surface area contributed by atoms with E-state index in [2.05, 4.69) is 20.8 Å². The molecule has 15 heavy (non-hydrogen) atoms. The van der Waals surface area contributed by atoms with Gasteiger partial charge < -0.3 is 5.11 Å². The van der Waals surface area contributed by atoms with Crippen LogP contribution in [0.5, 0.6) is 0 Å².